The Hall–Kier alpha value is -3.12. The average molecular weight is 606 g/mol. The summed E-state index contributed by atoms with van der Waals surface area (Å²) in [6.07, 6.45) is 1.70. The Morgan fingerprint density at radius 3 is 2.27 bits per heavy atom. The minimum Gasteiger partial charge on any atom is -0.495 e. The normalized spacial score (nSPS) is 14.2. The third kappa shape index (κ3) is 6.43. The number of carbonyl (C=O) groups is 1. The molecule has 3 aromatic carbocycles. The second-order valence-electron chi connectivity index (χ2n) is 9.63. The Labute approximate surface area is 240 Å². The highest BCUT2D eigenvalue weighted by Gasteiger charge is 2.31. The van der Waals surface area contributed by atoms with E-state index in [9.17, 15) is 21.6 Å². The lowest BCUT2D eigenvalue weighted by Crippen LogP contribution is -2.40. The van der Waals surface area contributed by atoms with Crippen molar-refractivity contribution in [1.82, 2.24) is 9.62 Å². The zero-order chi connectivity index (χ0) is 29.1. The molecule has 0 aliphatic carbocycles. The van der Waals surface area contributed by atoms with Crippen molar-refractivity contribution in [1.29, 1.82) is 0 Å². The Bertz CT molecular complexity index is 1600. The molecule has 4 rings (SSSR count). The zero-order valence-corrected chi connectivity index (χ0v) is 24.9. The van der Waals surface area contributed by atoms with E-state index < -0.39 is 32.5 Å². The second kappa shape index (κ2) is 12.2. The molecule has 9 nitrogen and oxygen atoms in total. The fourth-order valence-electron chi connectivity index (χ4n) is 4.40. The maximum Gasteiger partial charge on any atom is 0.268 e. The Morgan fingerprint density at radius 2 is 1.65 bits per heavy atom. The number of carbonyl (C=O) groups excluding carboxylic acids is 1. The van der Waals surface area contributed by atoms with Gasteiger partial charge in [-0.25, -0.2) is 16.8 Å². The summed E-state index contributed by atoms with van der Waals surface area (Å²) in [5.41, 5.74) is 2.36. The number of hydrogen-bond acceptors (Lipinski definition) is 6. The molecule has 1 fully saturated rings. The molecule has 0 spiro atoms. The van der Waals surface area contributed by atoms with Gasteiger partial charge in [-0.15, -0.1) is 0 Å². The van der Waals surface area contributed by atoms with Crippen molar-refractivity contribution in [2.75, 3.05) is 31.0 Å². The maximum absolute atomic E-state index is 13.9. The van der Waals surface area contributed by atoms with E-state index in [0.29, 0.717) is 29.2 Å². The summed E-state index contributed by atoms with van der Waals surface area (Å²) < 4.78 is 61.1. The van der Waals surface area contributed by atoms with Gasteiger partial charge >= 0.3 is 0 Å². The minimum absolute atomic E-state index is 0.0747. The molecule has 0 aromatic heterocycles. The van der Waals surface area contributed by atoms with Gasteiger partial charge in [-0.05, 0) is 79.8 Å². The Balaban J connectivity index is 1.55. The van der Waals surface area contributed by atoms with Crippen LogP contribution in [-0.4, -0.2) is 53.8 Å². The number of aryl methyl sites for hydroxylation is 2. The highest BCUT2D eigenvalue weighted by molar-refractivity contribution is 7.93. The fraction of sp³-hybridized carbons (Fsp3) is 0.321. The van der Waals surface area contributed by atoms with Crippen LogP contribution in [0.2, 0.25) is 5.02 Å². The molecular weight excluding hydrogens is 574 g/mol. The Kier molecular flexibility index (Phi) is 9.09. The predicted molar refractivity (Wildman–Crippen MR) is 155 cm³/mol. The van der Waals surface area contributed by atoms with Gasteiger partial charge in [0.25, 0.3) is 10.0 Å². The molecule has 0 atom stereocenters. The second-order valence-corrected chi connectivity index (χ2v) is 13.8. The van der Waals surface area contributed by atoms with Crippen LogP contribution in [0.3, 0.4) is 0 Å². The van der Waals surface area contributed by atoms with Gasteiger partial charge in [-0.3, -0.25) is 9.10 Å². The molecule has 1 amide bonds. The lowest BCUT2D eigenvalue weighted by Gasteiger charge is -2.25. The maximum atomic E-state index is 13.9. The zero-order valence-electron chi connectivity index (χ0n) is 22.6. The van der Waals surface area contributed by atoms with Crippen molar-refractivity contribution in [2.45, 2.75) is 43.0 Å². The Morgan fingerprint density at radius 1 is 0.975 bits per heavy atom. The van der Waals surface area contributed by atoms with Crippen LogP contribution >= 0.6 is 11.6 Å². The van der Waals surface area contributed by atoms with Crippen LogP contribution in [0.15, 0.2) is 70.5 Å². The molecule has 1 aliphatic rings. The summed E-state index contributed by atoms with van der Waals surface area (Å²) in [6.45, 7) is 4.16. The number of methoxy groups -OCH3 is 1. The number of sulfonamides is 2. The van der Waals surface area contributed by atoms with Crippen molar-refractivity contribution >= 4 is 43.2 Å². The van der Waals surface area contributed by atoms with Crippen molar-refractivity contribution < 1.29 is 26.4 Å². The molecule has 40 heavy (non-hydrogen) atoms. The predicted octanol–water partition coefficient (Wildman–Crippen LogP) is 4.26. The van der Waals surface area contributed by atoms with E-state index in [1.165, 1.54) is 35.7 Å². The standard InChI is InChI=1S/C28H32ClN3O6S2/c1-20-6-13-26(38-3)27(16-20)40(36,37)32(23-10-7-21(2)25(29)17-23)19-28(33)30-18-22-8-11-24(12-9-22)39(34,35)31-14-4-5-15-31/h6-13,16-17H,4-5,14-15,18-19H2,1-3H3,(H,30,33). The lowest BCUT2D eigenvalue weighted by atomic mass is 10.2. The largest absolute Gasteiger partial charge is 0.495 e. The number of nitrogens with one attached hydrogen (secondary N) is 1. The molecule has 0 unspecified atom stereocenters. The van der Waals surface area contributed by atoms with Crippen molar-refractivity contribution in [3.63, 3.8) is 0 Å². The molecule has 1 saturated heterocycles. The number of anilines is 1. The fourth-order valence-corrected chi connectivity index (χ4v) is 7.75. The van der Waals surface area contributed by atoms with Crippen LogP contribution in [0.5, 0.6) is 5.75 Å². The molecule has 0 saturated carbocycles. The van der Waals surface area contributed by atoms with E-state index >= 15 is 0 Å². The minimum atomic E-state index is -4.24. The van der Waals surface area contributed by atoms with Crippen LogP contribution in [0.4, 0.5) is 5.69 Å². The number of halogens is 1. The molecule has 3 aromatic rings. The highest BCUT2D eigenvalue weighted by atomic mass is 35.5. The first-order valence-corrected chi connectivity index (χ1v) is 16.0. The summed E-state index contributed by atoms with van der Waals surface area (Å²) in [7, 11) is -6.40. The van der Waals surface area contributed by atoms with Crippen LogP contribution in [0.1, 0.15) is 29.5 Å². The molecule has 1 heterocycles. The van der Waals surface area contributed by atoms with Gasteiger partial charge in [-0.1, -0.05) is 35.9 Å². The van der Waals surface area contributed by atoms with Gasteiger partial charge in [0.15, 0.2) is 0 Å². The molecule has 0 bridgehead atoms. The summed E-state index contributed by atoms with van der Waals surface area (Å²) in [5, 5.41) is 3.09. The smallest absolute Gasteiger partial charge is 0.268 e. The summed E-state index contributed by atoms with van der Waals surface area (Å²) >= 11 is 6.31. The third-order valence-electron chi connectivity index (χ3n) is 6.73. The van der Waals surface area contributed by atoms with E-state index in [2.05, 4.69) is 5.32 Å². The van der Waals surface area contributed by atoms with Crippen molar-refractivity contribution in [3.8, 4) is 5.75 Å². The van der Waals surface area contributed by atoms with Crippen LogP contribution in [0.25, 0.3) is 0 Å². The third-order valence-corrected chi connectivity index (χ3v) is 10.8. The SMILES string of the molecule is COc1ccc(C)cc1S(=O)(=O)N(CC(=O)NCc1ccc(S(=O)(=O)N2CCCC2)cc1)c1ccc(C)c(Cl)c1. The van der Waals surface area contributed by atoms with Gasteiger partial charge in [-0.2, -0.15) is 4.31 Å². The molecule has 214 valence electrons. The van der Waals surface area contributed by atoms with E-state index in [4.69, 9.17) is 16.3 Å². The lowest BCUT2D eigenvalue weighted by molar-refractivity contribution is -0.119. The number of rotatable bonds is 10. The first kappa shape index (κ1) is 29.9. The van der Waals surface area contributed by atoms with Gasteiger partial charge in [0, 0.05) is 24.7 Å². The summed E-state index contributed by atoms with van der Waals surface area (Å²) in [5.74, 6) is -0.404. The van der Waals surface area contributed by atoms with E-state index in [-0.39, 0.29) is 27.8 Å². The van der Waals surface area contributed by atoms with Gasteiger partial charge < -0.3 is 10.1 Å². The van der Waals surface area contributed by atoms with Crippen molar-refractivity contribution in [3.05, 3.63) is 82.4 Å². The number of amides is 1. The number of benzene rings is 3. The quantitative estimate of drug-likeness (QED) is 0.369. The first-order chi connectivity index (χ1) is 18.9. The topological polar surface area (TPSA) is 113 Å². The molecule has 0 radical (unpaired) electrons. The monoisotopic (exact) mass is 605 g/mol. The van der Waals surface area contributed by atoms with Crippen LogP contribution in [-0.2, 0) is 31.4 Å². The molecule has 1 aliphatic heterocycles. The van der Waals surface area contributed by atoms with Crippen molar-refractivity contribution in [2.24, 2.45) is 0 Å². The molecule has 12 heteroatoms. The van der Waals surface area contributed by atoms with E-state index in [0.717, 1.165) is 22.7 Å². The number of nitrogens with zero attached hydrogens (tertiary/aromatic N) is 2. The summed E-state index contributed by atoms with van der Waals surface area (Å²) in [6, 6.07) is 15.9. The average Bonchev–Trinajstić information content (AvgIpc) is 3.48. The van der Waals surface area contributed by atoms with Gasteiger partial charge in [0.2, 0.25) is 15.9 Å². The van der Waals surface area contributed by atoms with Gasteiger partial charge in [0.1, 0.15) is 17.2 Å². The highest BCUT2D eigenvalue weighted by Crippen LogP contribution is 2.32. The summed E-state index contributed by atoms with van der Waals surface area (Å²) in [4.78, 5) is 13.2. The van der Waals surface area contributed by atoms with E-state index in [1.807, 2.05) is 0 Å². The molecule has 1 N–H and O–H groups in total. The van der Waals surface area contributed by atoms with E-state index in [1.54, 1.807) is 50.2 Å². The van der Waals surface area contributed by atoms with Gasteiger partial charge in [0.05, 0.1) is 17.7 Å². The van der Waals surface area contributed by atoms with Crippen LogP contribution < -0.4 is 14.4 Å². The number of ether oxygens (including phenoxy) is 1. The first-order valence-electron chi connectivity index (χ1n) is 12.7. The van der Waals surface area contributed by atoms with Crippen LogP contribution in [0, 0.1) is 13.8 Å². The molecular formula is C28H32ClN3O6S2. The number of hydrogen-bond donors (Lipinski definition) is 1.